The van der Waals surface area contributed by atoms with E-state index in [0.29, 0.717) is 17.9 Å². The maximum atomic E-state index is 12.1. The van der Waals surface area contributed by atoms with Gasteiger partial charge in [-0.05, 0) is 43.3 Å². The van der Waals surface area contributed by atoms with Crippen molar-refractivity contribution in [1.82, 2.24) is 10.6 Å². The molecule has 1 aromatic rings. The molecule has 2 fully saturated rings. The fourth-order valence-corrected chi connectivity index (χ4v) is 2.94. The van der Waals surface area contributed by atoms with E-state index in [1.807, 2.05) is 6.92 Å². The van der Waals surface area contributed by atoms with Gasteiger partial charge < -0.3 is 10.6 Å². The number of hydrogen-bond donors (Lipinski definition) is 2. The molecule has 1 atom stereocenters. The summed E-state index contributed by atoms with van der Waals surface area (Å²) in [5, 5.41) is 6.43. The highest BCUT2D eigenvalue weighted by molar-refractivity contribution is 5.85. The van der Waals surface area contributed by atoms with Crippen LogP contribution in [0.2, 0.25) is 0 Å². The summed E-state index contributed by atoms with van der Waals surface area (Å²) in [6.07, 6.45) is 2.18. The number of rotatable bonds is 4. The minimum Gasteiger partial charge on any atom is -0.353 e. The lowest BCUT2D eigenvalue weighted by molar-refractivity contribution is -0.128. The van der Waals surface area contributed by atoms with Crippen LogP contribution in [0.5, 0.6) is 0 Å². The van der Waals surface area contributed by atoms with Crippen molar-refractivity contribution in [1.29, 1.82) is 0 Å². The van der Waals surface area contributed by atoms with Crippen molar-refractivity contribution in [3.05, 3.63) is 35.9 Å². The average Bonchev–Trinajstić information content (AvgIpc) is 2.31. The van der Waals surface area contributed by atoms with Gasteiger partial charge in [0.15, 0.2) is 0 Å². The second-order valence-electron chi connectivity index (χ2n) is 5.99. The molecule has 20 heavy (non-hydrogen) atoms. The molecule has 2 aliphatic rings. The zero-order valence-electron chi connectivity index (χ0n) is 11.8. The van der Waals surface area contributed by atoms with Crippen LogP contribution in [0.1, 0.15) is 31.2 Å². The lowest BCUT2D eigenvalue weighted by atomic mass is 9.75. The van der Waals surface area contributed by atoms with Crippen molar-refractivity contribution in [3.63, 3.8) is 0 Å². The third kappa shape index (κ3) is 3.15. The van der Waals surface area contributed by atoms with Gasteiger partial charge in [-0.3, -0.25) is 4.79 Å². The number of halogens is 1. The fourth-order valence-electron chi connectivity index (χ4n) is 2.94. The number of benzene rings is 1. The first-order valence-corrected chi connectivity index (χ1v) is 7.30. The summed E-state index contributed by atoms with van der Waals surface area (Å²) in [6, 6.07) is 11.0. The Labute approximate surface area is 126 Å². The second-order valence-corrected chi connectivity index (χ2v) is 5.99. The Bertz CT molecular complexity index is 441. The van der Waals surface area contributed by atoms with E-state index in [-0.39, 0.29) is 24.2 Å². The molecule has 1 saturated carbocycles. The molecule has 3 nitrogen and oxygen atoms in total. The molecule has 0 radical (unpaired) electrons. The van der Waals surface area contributed by atoms with Crippen molar-refractivity contribution in [3.8, 4) is 0 Å². The highest BCUT2D eigenvalue weighted by Crippen LogP contribution is 2.36. The van der Waals surface area contributed by atoms with Crippen LogP contribution >= 0.6 is 12.4 Å². The Morgan fingerprint density at radius 3 is 2.45 bits per heavy atom. The first-order chi connectivity index (χ1) is 9.24. The summed E-state index contributed by atoms with van der Waals surface area (Å²) in [5.41, 5.74) is 1.41. The molecule has 3 rings (SSSR count). The first kappa shape index (κ1) is 15.3. The maximum absolute atomic E-state index is 12.1. The summed E-state index contributed by atoms with van der Waals surface area (Å²) in [5.74, 6) is 1.55. The van der Waals surface area contributed by atoms with E-state index in [2.05, 4.69) is 41.0 Å². The molecule has 1 aliphatic carbocycles. The Morgan fingerprint density at radius 1 is 1.25 bits per heavy atom. The van der Waals surface area contributed by atoms with E-state index in [0.717, 1.165) is 25.9 Å². The van der Waals surface area contributed by atoms with Crippen molar-refractivity contribution in [2.24, 2.45) is 11.8 Å². The van der Waals surface area contributed by atoms with Crippen LogP contribution in [0, 0.1) is 11.8 Å². The minimum absolute atomic E-state index is 0. The number of carbonyl (C=O) groups is 1. The monoisotopic (exact) mass is 294 g/mol. The van der Waals surface area contributed by atoms with E-state index < -0.39 is 0 Å². The number of carbonyl (C=O) groups excluding carboxylic acids is 1. The van der Waals surface area contributed by atoms with Gasteiger partial charge in [0.05, 0.1) is 0 Å². The molecular formula is C16H23ClN2O. The normalized spacial score (nSPS) is 26.6. The molecule has 1 amide bonds. The molecule has 0 bridgehead atoms. The Morgan fingerprint density at radius 2 is 1.90 bits per heavy atom. The third-order valence-corrected chi connectivity index (χ3v) is 4.69. The van der Waals surface area contributed by atoms with Gasteiger partial charge in [-0.25, -0.2) is 0 Å². The van der Waals surface area contributed by atoms with Gasteiger partial charge in [0.2, 0.25) is 5.91 Å². The van der Waals surface area contributed by atoms with Gasteiger partial charge in [-0.1, -0.05) is 37.3 Å². The zero-order valence-corrected chi connectivity index (χ0v) is 12.7. The molecule has 110 valence electrons. The number of nitrogens with one attached hydrogen (secondary N) is 2. The fraction of sp³-hybridized carbons (Fsp3) is 0.562. The quantitative estimate of drug-likeness (QED) is 0.895. The van der Waals surface area contributed by atoms with Crippen LogP contribution in [-0.2, 0) is 4.79 Å². The van der Waals surface area contributed by atoms with Gasteiger partial charge in [0.25, 0.3) is 0 Å². The Balaban J connectivity index is 0.00000147. The Kier molecular flexibility index (Phi) is 5.06. The van der Waals surface area contributed by atoms with Crippen LogP contribution in [-0.4, -0.2) is 25.0 Å². The molecule has 1 heterocycles. The second kappa shape index (κ2) is 6.59. The molecule has 2 N–H and O–H groups in total. The lowest BCUT2D eigenvalue weighted by Gasteiger charge is -2.38. The molecule has 0 spiro atoms. The van der Waals surface area contributed by atoms with Gasteiger partial charge in [-0.15, -0.1) is 12.4 Å². The van der Waals surface area contributed by atoms with E-state index in [4.69, 9.17) is 0 Å². The summed E-state index contributed by atoms with van der Waals surface area (Å²) in [6.45, 7) is 4.03. The molecule has 1 aliphatic heterocycles. The maximum Gasteiger partial charge on any atom is 0.223 e. The van der Waals surface area contributed by atoms with Crippen molar-refractivity contribution >= 4 is 18.3 Å². The van der Waals surface area contributed by atoms with Crippen molar-refractivity contribution < 1.29 is 4.79 Å². The van der Waals surface area contributed by atoms with Crippen LogP contribution in [0.4, 0.5) is 0 Å². The van der Waals surface area contributed by atoms with Gasteiger partial charge in [-0.2, -0.15) is 0 Å². The van der Waals surface area contributed by atoms with Crippen LogP contribution in [0.25, 0.3) is 0 Å². The molecular weight excluding hydrogens is 272 g/mol. The molecule has 1 aromatic carbocycles. The highest BCUT2D eigenvalue weighted by atomic mass is 35.5. The van der Waals surface area contributed by atoms with E-state index >= 15 is 0 Å². The topological polar surface area (TPSA) is 41.1 Å². The van der Waals surface area contributed by atoms with Crippen molar-refractivity contribution in [2.75, 3.05) is 13.1 Å². The van der Waals surface area contributed by atoms with Gasteiger partial charge >= 0.3 is 0 Å². The molecule has 0 aromatic heterocycles. The minimum atomic E-state index is 0. The zero-order chi connectivity index (χ0) is 13.2. The van der Waals surface area contributed by atoms with E-state index in [1.165, 1.54) is 5.56 Å². The highest BCUT2D eigenvalue weighted by Gasteiger charge is 2.34. The SMILES string of the molecule is CC(C(=O)NC1CC(c2ccccc2)C1)C1CNC1.Cl. The van der Waals surface area contributed by atoms with Crippen molar-refractivity contribution in [2.45, 2.75) is 31.7 Å². The number of hydrogen-bond acceptors (Lipinski definition) is 2. The van der Waals surface area contributed by atoms with Gasteiger partial charge in [0, 0.05) is 12.0 Å². The molecule has 4 heteroatoms. The largest absolute Gasteiger partial charge is 0.353 e. The molecule has 1 unspecified atom stereocenters. The van der Waals surface area contributed by atoms with Crippen LogP contribution in [0.15, 0.2) is 30.3 Å². The van der Waals surface area contributed by atoms with Crippen LogP contribution < -0.4 is 10.6 Å². The standard InChI is InChI=1S/C16H22N2O.ClH/c1-11(14-9-17-10-14)16(19)18-15-7-13(8-15)12-5-3-2-4-6-12;/h2-6,11,13-15,17H,7-10H2,1H3,(H,18,19);1H. The van der Waals surface area contributed by atoms with E-state index in [9.17, 15) is 4.79 Å². The average molecular weight is 295 g/mol. The third-order valence-electron chi connectivity index (χ3n) is 4.69. The summed E-state index contributed by atoms with van der Waals surface area (Å²) in [4.78, 5) is 12.1. The Hall–Kier alpha value is -1.06. The first-order valence-electron chi connectivity index (χ1n) is 7.30. The lowest BCUT2D eigenvalue weighted by Crippen LogP contribution is -2.52. The van der Waals surface area contributed by atoms with E-state index in [1.54, 1.807) is 0 Å². The van der Waals surface area contributed by atoms with Gasteiger partial charge in [0.1, 0.15) is 0 Å². The predicted molar refractivity (Wildman–Crippen MR) is 83.1 cm³/mol. The number of amides is 1. The van der Waals surface area contributed by atoms with Crippen LogP contribution in [0.3, 0.4) is 0 Å². The summed E-state index contributed by atoms with van der Waals surface area (Å²) >= 11 is 0. The smallest absolute Gasteiger partial charge is 0.223 e. The summed E-state index contributed by atoms with van der Waals surface area (Å²) < 4.78 is 0. The summed E-state index contributed by atoms with van der Waals surface area (Å²) in [7, 11) is 0. The molecule has 1 saturated heterocycles. The predicted octanol–water partition coefficient (Wildman–Crippen LogP) is 2.33.